The Morgan fingerprint density at radius 2 is 1.62 bits per heavy atom. The molecular formula is C29H40BrN3O6. The van der Waals surface area contributed by atoms with Crippen LogP contribution in [0.5, 0.6) is 0 Å². The molecule has 214 valence electrons. The molecule has 1 aromatic carbocycles. The van der Waals surface area contributed by atoms with E-state index in [4.69, 9.17) is 4.74 Å². The second kappa shape index (κ2) is 11.9. The van der Waals surface area contributed by atoms with Crippen LogP contribution in [0.15, 0.2) is 28.7 Å². The maximum absolute atomic E-state index is 13.9. The fourth-order valence-corrected chi connectivity index (χ4v) is 6.51. The first-order valence-corrected chi connectivity index (χ1v) is 14.8. The third kappa shape index (κ3) is 6.58. The Hall–Kier alpha value is -2.62. The Morgan fingerprint density at radius 3 is 2.18 bits per heavy atom. The van der Waals surface area contributed by atoms with Gasteiger partial charge in [0.25, 0.3) is 0 Å². The minimum absolute atomic E-state index is 0.0729. The van der Waals surface area contributed by atoms with Gasteiger partial charge in [0.05, 0.1) is 5.41 Å². The lowest BCUT2D eigenvalue weighted by Crippen LogP contribution is -2.58. The molecule has 3 aliphatic rings. The van der Waals surface area contributed by atoms with Crippen LogP contribution in [0.3, 0.4) is 0 Å². The van der Waals surface area contributed by atoms with Gasteiger partial charge in [0.1, 0.15) is 17.7 Å². The SMILES string of the molecule is CC(C)(C)OC(=O)N1CCC[C@H]1C(=O)N1CCC(C(=O)N[C@H](C(=O)O)C2CCCC2)(c2ccc(Br)cc2)CC1. The number of halogens is 1. The van der Waals surface area contributed by atoms with E-state index in [1.54, 1.807) is 25.7 Å². The summed E-state index contributed by atoms with van der Waals surface area (Å²) in [4.78, 5) is 55.7. The molecule has 2 aliphatic heterocycles. The summed E-state index contributed by atoms with van der Waals surface area (Å²) in [6, 6.07) is 6.05. The fourth-order valence-electron chi connectivity index (χ4n) is 6.25. The number of ether oxygens (including phenoxy) is 1. The zero-order valence-corrected chi connectivity index (χ0v) is 24.7. The van der Waals surface area contributed by atoms with Crippen LogP contribution in [0.1, 0.15) is 77.7 Å². The molecule has 1 aliphatic carbocycles. The van der Waals surface area contributed by atoms with Crippen molar-refractivity contribution < 1.29 is 29.0 Å². The highest BCUT2D eigenvalue weighted by Gasteiger charge is 2.47. The number of carboxylic acid groups (broad SMARTS) is 1. The van der Waals surface area contributed by atoms with E-state index in [1.807, 2.05) is 24.3 Å². The Morgan fingerprint density at radius 1 is 1.00 bits per heavy atom. The molecule has 0 radical (unpaired) electrons. The lowest BCUT2D eigenvalue weighted by molar-refractivity contribution is -0.145. The summed E-state index contributed by atoms with van der Waals surface area (Å²) in [6.45, 7) is 6.55. The Kier molecular flexibility index (Phi) is 8.93. The number of amides is 3. The molecule has 0 spiro atoms. The van der Waals surface area contributed by atoms with Crippen molar-refractivity contribution in [3.8, 4) is 0 Å². The van der Waals surface area contributed by atoms with E-state index in [-0.39, 0.29) is 17.7 Å². The average molecular weight is 607 g/mol. The van der Waals surface area contributed by atoms with Gasteiger partial charge in [-0.1, -0.05) is 40.9 Å². The molecule has 3 fully saturated rings. The second-order valence-corrected chi connectivity index (χ2v) is 13.0. The maximum Gasteiger partial charge on any atom is 0.410 e. The number of nitrogens with one attached hydrogen (secondary N) is 1. The topological polar surface area (TPSA) is 116 Å². The summed E-state index contributed by atoms with van der Waals surface area (Å²) < 4.78 is 6.41. The van der Waals surface area contributed by atoms with E-state index in [0.29, 0.717) is 38.9 Å². The van der Waals surface area contributed by atoms with Crippen molar-refractivity contribution in [2.75, 3.05) is 19.6 Å². The number of carbonyl (C=O) groups is 4. The second-order valence-electron chi connectivity index (χ2n) is 12.1. The lowest BCUT2D eigenvalue weighted by Gasteiger charge is -2.43. The van der Waals surface area contributed by atoms with Crippen LogP contribution in [0, 0.1) is 5.92 Å². The molecule has 9 nitrogen and oxygen atoms in total. The van der Waals surface area contributed by atoms with Gasteiger partial charge < -0.3 is 20.1 Å². The first-order valence-electron chi connectivity index (χ1n) is 14.0. The molecule has 2 saturated heterocycles. The summed E-state index contributed by atoms with van der Waals surface area (Å²) in [5.74, 6) is -1.50. The van der Waals surface area contributed by atoms with E-state index >= 15 is 0 Å². The molecule has 10 heteroatoms. The zero-order chi connectivity index (χ0) is 28.4. The van der Waals surface area contributed by atoms with Crippen molar-refractivity contribution in [3.05, 3.63) is 34.3 Å². The maximum atomic E-state index is 13.9. The standard InChI is InChI=1S/C29H40BrN3O6/c1-28(2,3)39-27(38)33-16-6-9-22(33)24(34)32-17-14-29(15-18-32,20-10-12-21(30)13-11-20)26(37)31-23(25(35)36)19-7-4-5-8-19/h10-13,19,22-23H,4-9,14-18H2,1-3H3,(H,31,37)(H,35,36)/t22-,23-/m0/s1. The van der Waals surface area contributed by atoms with Crippen LogP contribution in [0.2, 0.25) is 0 Å². The van der Waals surface area contributed by atoms with Crippen LogP contribution in [-0.4, -0.2) is 76.1 Å². The molecular weight excluding hydrogens is 566 g/mol. The molecule has 0 aromatic heterocycles. The van der Waals surface area contributed by atoms with Gasteiger partial charge in [-0.2, -0.15) is 0 Å². The Labute approximate surface area is 238 Å². The molecule has 0 unspecified atom stereocenters. The van der Waals surface area contributed by atoms with Crippen LogP contribution in [-0.2, 0) is 24.5 Å². The minimum Gasteiger partial charge on any atom is -0.480 e. The molecule has 1 saturated carbocycles. The first-order chi connectivity index (χ1) is 18.4. The predicted molar refractivity (Wildman–Crippen MR) is 149 cm³/mol. The van der Waals surface area contributed by atoms with Crippen molar-refractivity contribution in [2.24, 2.45) is 5.92 Å². The number of benzene rings is 1. The summed E-state index contributed by atoms with van der Waals surface area (Å²) in [5, 5.41) is 12.8. The molecule has 1 aromatic rings. The molecule has 3 amide bonds. The Bertz CT molecular complexity index is 1070. The third-order valence-corrected chi connectivity index (χ3v) is 8.88. The van der Waals surface area contributed by atoms with E-state index < -0.39 is 35.2 Å². The van der Waals surface area contributed by atoms with Crippen molar-refractivity contribution in [2.45, 2.75) is 95.2 Å². The Balaban J connectivity index is 1.51. The first kappa shape index (κ1) is 29.4. The number of nitrogens with zero attached hydrogens (tertiary/aromatic N) is 2. The largest absolute Gasteiger partial charge is 0.480 e. The van der Waals surface area contributed by atoms with Gasteiger partial charge in [-0.25, -0.2) is 9.59 Å². The highest BCUT2D eigenvalue weighted by atomic mass is 79.9. The number of hydrogen-bond acceptors (Lipinski definition) is 5. The van der Waals surface area contributed by atoms with Crippen molar-refractivity contribution in [1.29, 1.82) is 0 Å². The summed E-state index contributed by atoms with van der Waals surface area (Å²) in [7, 11) is 0. The molecule has 4 rings (SSSR count). The van der Waals surface area contributed by atoms with E-state index in [1.165, 1.54) is 4.90 Å². The molecule has 2 N–H and O–H groups in total. The van der Waals surface area contributed by atoms with Gasteiger partial charge in [-0.15, -0.1) is 0 Å². The normalized spacial score (nSPS) is 22.4. The van der Waals surface area contributed by atoms with Gasteiger partial charge in [0.2, 0.25) is 11.8 Å². The van der Waals surface area contributed by atoms with Crippen molar-refractivity contribution in [1.82, 2.24) is 15.1 Å². The van der Waals surface area contributed by atoms with Crippen molar-refractivity contribution >= 4 is 39.8 Å². The summed E-state index contributed by atoms with van der Waals surface area (Å²) in [6.07, 6.45) is 5.08. The molecule has 2 atom stereocenters. The minimum atomic E-state index is -1.00. The number of aliphatic carboxylic acids is 1. The van der Waals surface area contributed by atoms with Crippen molar-refractivity contribution in [3.63, 3.8) is 0 Å². The number of carbonyl (C=O) groups excluding carboxylic acids is 3. The summed E-state index contributed by atoms with van der Waals surface area (Å²) >= 11 is 3.46. The molecule has 2 heterocycles. The highest BCUT2D eigenvalue weighted by molar-refractivity contribution is 9.10. The summed E-state index contributed by atoms with van der Waals surface area (Å²) in [5.41, 5.74) is -0.797. The number of likely N-dealkylation sites (tertiary alicyclic amines) is 2. The van der Waals surface area contributed by atoms with Gasteiger partial charge in [-0.05, 0) is 82.9 Å². The number of piperidine rings is 1. The van der Waals surface area contributed by atoms with Crippen LogP contribution < -0.4 is 5.32 Å². The van der Waals surface area contributed by atoms with Gasteiger partial charge in [0, 0.05) is 24.1 Å². The molecule has 0 bridgehead atoms. The van der Waals surface area contributed by atoms with Gasteiger partial charge in [0.15, 0.2) is 0 Å². The third-order valence-electron chi connectivity index (χ3n) is 8.35. The monoisotopic (exact) mass is 605 g/mol. The highest BCUT2D eigenvalue weighted by Crippen LogP contribution is 2.38. The lowest BCUT2D eigenvalue weighted by atomic mass is 9.71. The average Bonchev–Trinajstić information content (AvgIpc) is 3.59. The van der Waals surface area contributed by atoms with E-state index in [9.17, 15) is 24.3 Å². The number of hydrogen-bond donors (Lipinski definition) is 2. The van der Waals surface area contributed by atoms with Crippen LogP contribution >= 0.6 is 15.9 Å². The predicted octanol–water partition coefficient (Wildman–Crippen LogP) is 4.47. The van der Waals surface area contributed by atoms with Crippen LogP contribution in [0.4, 0.5) is 4.79 Å². The fraction of sp³-hybridized carbons (Fsp3) is 0.655. The number of carboxylic acids is 1. The quantitative estimate of drug-likeness (QED) is 0.494. The molecule has 39 heavy (non-hydrogen) atoms. The number of rotatable bonds is 6. The van der Waals surface area contributed by atoms with E-state index in [0.717, 1.165) is 42.1 Å². The van der Waals surface area contributed by atoms with Gasteiger partial charge >= 0.3 is 12.1 Å². The van der Waals surface area contributed by atoms with E-state index in [2.05, 4.69) is 21.2 Å². The van der Waals surface area contributed by atoms with Crippen LogP contribution in [0.25, 0.3) is 0 Å². The smallest absolute Gasteiger partial charge is 0.410 e. The van der Waals surface area contributed by atoms with Gasteiger partial charge in [-0.3, -0.25) is 14.5 Å². The zero-order valence-electron chi connectivity index (χ0n) is 23.1.